The highest BCUT2D eigenvalue weighted by Crippen LogP contribution is 2.08. The standard InChI is InChI=1S/C10H16NO/c1-9(2)10(8-12)11-6-4-3-5-7-11/h3-7,9-10,12H,8H2,1-2H3/q+1. The van der Waals surface area contributed by atoms with Crippen molar-refractivity contribution in [3.05, 3.63) is 30.6 Å². The van der Waals surface area contributed by atoms with E-state index in [0.717, 1.165) is 0 Å². The van der Waals surface area contributed by atoms with Crippen molar-refractivity contribution in [3.8, 4) is 0 Å². The van der Waals surface area contributed by atoms with Crippen LogP contribution in [0.15, 0.2) is 30.6 Å². The molecule has 0 bridgehead atoms. The number of hydrogen-bond acceptors (Lipinski definition) is 1. The minimum absolute atomic E-state index is 0.200. The van der Waals surface area contributed by atoms with E-state index in [4.69, 9.17) is 5.11 Å². The lowest BCUT2D eigenvalue weighted by Gasteiger charge is -2.12. The quantitative estimate of drug-likeness (QED) is 0.669. The molecule has 1 heterocycles. The van der Waals surface area contributed by atoms with Crippen LogP contribution in [0, 0.1) is 5.92 Å². The molecule has 1 rings (SSSR count). The fraction of sp³-hybridized carbons (Fsp3) is 0.500. The van der Waals surface area contributed by atoms with Gasteiger partial charge in [-0.05, 0) is 0 Å². The summed E-state index contributed by atoms with van der Waals surface area (Å²) in [5.74, 6) is 0.461. The molecule has 0 spiro atoms. The first kappa shape index (κ1) is 9.20. The molecule has 0 radical (unpaired) electrons. The van der Waals surface area contributed by atoms with Crippen molar-refractivity contribution in [2.45, 2.75) is 19.9 Å². The molecule has 0 aromatic carbocycles. The van der Waals surface area contributed by atoms with E-state index in [-0.39, 0.29) is 12.6 Å². The molecule has 0 saturated carbocycles. The van der Waals surface area contributed by atoms with Crippen molar-refractivity contribution in [3.63, 3.8) is 0 Å². The zero-order chi connectivity index (χ0) is 8.97. The number of aliphatic hydroxyl groups is 1. The molecule has 1 aromatic rings. The van der Waals surface area contributed by atoms with Gasteiger partial charge in [0.1, 0.15) is 6.61 Å². The largest absolute Gasteiger partial charge is 0.389 e. The van der Waals surface area contributed by atoms with Crippen LogP contribution < -0.4 is 4.57 Å². The van der Waals surface area contributed by atoms with Gasteiger partial charge >= 0.3 is 0 Å². The Morgan fingerprint density at radius 3 is 2.17 bits per heavy atom. The fourth-order valence-electron chi connectivity index (χ4n) is 1.28. The molecule has 0 aliphatic heterocycles. The molecule has 0 amide bonds. The summed E-state index contributed by atoms with van der Waals surface area (Å²) in [5.41, 5.74) is 0. The molecular weight excluding hydrogens is 150 g/mol. The highest BCUT2D eigenvalue weighted by molar-refractivity contribution is 4.84. The van der Waals surface area contributed by atoms with Gasteiger partial charge in [0.05, 0.1) is 0 Å². The maximum Gasteiger partial charge on any atom is 0.183 e. The number of nitrogens with zero attached hydrogens (tertiary/aromatic N) is 1. The van der Waals surface area contributed by atoms with Gasteiger partial charge < -0.3 is 5.11 Å². The monoisotopic (exact) mass is 166 g/mol. The molecule has 0 aliphatic rings. The van der Waals surface area contributed by atoms with Gasteiger partial charge in [0.25, 0.3) is 0 Å². The molecule has 0 saturated heterocycles. The first-order chi connectivity index (χ1) is 5.75. The van der Waals surface area contributed by atoms with E-state index in [9.17, 15) is 0 Å². The summed E-state index contributed by atoms with van der Waals surface area (Å²) in [4.78, 5) is 0. The molecule has 2 nitrogen and oxygen atoms in total. The Balaban J connectivity index is 2.80. The van der Waals surface area contributed by atoms with Gasteiger partial charge in [-0.2, -0.15) is 4.57 Å². The molecule has 2 heteroatoms. The Bertz CT molecular complexity index is 221. The van der Waals surface area contributed by atoms with Crippen molar-refractivity contribution in [1.29, 1.82) is 0 Å². The van der Waals surface area contributed by atoms with Gasteiger partial charge in [0.15, 0.2) is 18.4 Å². The van der Waals surface area contributed by atoms with E-state index in [2.05, 4.69) is 13.8 Å². The first-order valence-corrected chi connectivity index (χ1v) is 4.32. The summed E-state index contributed by atoms with van der Waals surface area (Å²) >= 11 is 0. The minimum Gasteiger partial charge on any atom is -0.389 e. The SMILES string of the molecule is CC(C)C(CO)[n+]1ccccc1. The van der Waals surface area contributed by atoms with Crippen molar-refractivity contribution in [2.75, 3.05) is 6.61 Å². The predicted molar refractivity (Wildman–Crippen MR) is 47.6 cm³/mol. The molecular formula is C10H16NO+. The second-order valence-electron chi connectivity index (χ2n) is 3.32. The van der Waals surface area contributed by atoms with Crippen molar-refractivity contribution < 1.29 is 9.67 Å². The van der Waals surface area contributed by atoms with Gasteiger partial charge in [-0.15, -0.1) is 0 Å². The van der Waals surface area contributed by atoms with Crippen LogP contribution in [0.25, 0.3) is 0 Å². The van der Waals surface area contributed by atoms with E-state index in [1.807, 2.05) is 35.2 Å². The number of aromatic nitrogens is 1. The number of aliphatic hydroxyl groups excluding tert-OH is 1. The normalized spacial score (nSPS) is 13.3. The van der Waals surface area contributed by atoms with Crippen LogP contribution in [-0.4, -0.2) is 11.7 Å². The van der Waals surface area contributed by atoms with Gasteiger partial charge in [0.2, 0.25) is 0 Å². The Hall–Kier alpha value is -0.890. The Kier molecular flexibility index (Phi) is 3.23. The average molecular weight is 166 g/mol. The molecule has 1 N–H and O–H groups in total. The van der Waals surface area contributed by atoms with Crippen LogP contribution in [0.5, 0.6) is 0 Å². The van der Waals surface area contributed by atoms with Crippen molar-refractivity contribution in [1.82, 2.24) is 0 Å². The Morgan fingerprint density at radius 2 is 1.75 bits per heavy atom. The zero-order valence-electron chi connectivity index (χ0n) is 7.64. The molecule has 1 unspecified atom stereocenters. The van der Waals surface area contributed by atoms with Crippen LogP contribution in [0.1, 0.15) is 19.9 Å². The van der Waals surface area contributed by atoms with E-state index >= 15 is 0 Å². The third-order valence-electron chi connectivity index (χ3n) is 2.08. The molecule has 0 fully saturated rings. The number of rotatable bonds is 3. The topological polar surface area (TPSA) is 24.1 Å². The third-order valence-corrected chi connectivity index (χ3v) is 2.08. The average Bonchev–Trinajstić information content (AvgIpc) is 2.07. The molecule has 12 heavy (non-hydrogen) atoms. The lowest BCUT2D eigenvalue weighted by Crippen LogP contribution is -2.43. The number of hydrogen-bond donors (Lipinski definition) is 1. The summed E-state index contributed by atoms with van der Waals surface area (Å²) in [7, 11) is 0. The maximum absolute atomic E-state index is 9.13. The second kappa shape index (κ2) is 4.21. The second-order valence-corrected chi connectivity index (χ2v) is 3.32. The van der Waals surface area contributed by atoms with Gasteiger partial charge in [-0.25, -0.2) is 0 Å². The van der Waals surface area contributed by atoms with Gasteiger partial charge in [-0.1, -0.05) is 19.9 Å². The van der Waals surface area contributed by atoms with Crippen LogP contribution >= 0.6 is 0 Å². The summed E-state index contributed by atoms with van der Waals surface area (Å²) in [6.45, 7) is 4.42. The lowest BCUT2D eigenvalue weighted by atomic mass is 10.1. The molecule has 1 aromatic heterocycles. The lowest BCUT2D eigenvalue weighted by molar-refractivity contribution is -0.730. The molecule has 0 aliphatic carbocycles. The van der Waals surface area contributed by atoms with Crippen LogP contribution in [0.4, 0.5) is 0 Å². The smallest absolute Gasteiger partial charge is 0.183 e. The van der Waals surface area contributed by atoms with Gasteiger partial charge in [-0.3, -0.25) is 0 Å². The van der Waals surface area contributed by atoms with E-state index in [1.165, 1.54) is 0 Å². The Morgan fingerprint density at radius 1 is 1.17 bits per heavy atom. The fourth-order valence-corrected chi connectivity index (χ4v) is 1.28. The summed E-state index contributed by atoms with van der Waals surface area (Å²) in [6.07, 6.45) is 3.97. The molecule has 1 atom stereocenters. The van der Waals surface area contributed by atoms with Crippen molar-refractivity contribution in [2.24, 2.45) is 5.92 Å². The van der Waals surface area contributed by atoms with Crippen LogP contribution in [-0.2, 0) is 0 Å². The first-order valence-electron chi connectivity index (χ1n) is 4.32. The number of pyridine rings is 1. The highest BCUT2D eigenvalue weighted by atomic mass is 16.3. The van der Waals surface area contributed by atoms with Crippen LogP contribution in [0.2, 0.25) is 0 Å². The van der Waals surface area contributed by atoms with E-state index in [1.54, 1.807) is 0 Å². The minimum atomic E-state index is 0.200. The van der Waals surface area contributed by atoms with E-state index in [0.29, 0.717) is 5.92 Å². The highest BCUT2D eigenvalue weighted by Gasteiger charge is 2.20. The summed E-state index contributed by atoms with van der Waals surface area (Å²) in [5, 5.41) is 9.13. The predicted octanol–water partition coefficient (Wildman–Crippen LogP) is 1.16. The molecule has 66 valence electrons. The van der Waals surface area contributed by atoms with Gasteiger partial charge in [0, 0.05) is 18.1 Å². The Labute approximate surface area is 73.5 Å². The third kappa shape index (κ3) is 2.05. The van der Waals surface area contributed by atoms with Crippen LogP contribution in [0.3, 0.4) is 0 Å². The summed E-state index contributed by atoms with van der Waals surface area (Å²) in [6, 6.07) is 6.13. The maximum atomic E-state index is 9.13. The van der Waals surface area contributed by atoms with E-state index < -0.39 is 0 Å². The summed E-state index contributed by atoms with van der Waals surface area (Å²) < 4.78 is 2.05. The van der Waals surface area contributed by atoms with Crippen molar-refractivity contribution >= 4 is 0 Å². The zero-order valence-corrected chi connectivity index (χ0v) is 7.64.